The maximum Gasteiger partial charge on any atom is 0.123 e. The summed E-state index contributed by atoms with van der Waals surface area (Å²) in [6.07, 6.45) is 1.10. The van der Waals surface area contributed by atoms with Crippen molar-refractivity contribution in [2.45, 2.75) is 25.8 Å². The van der Waals surface area contributed by atoms with Gasteiger partial charge >= 0.3 is 0 Å². The zero-order chi connectivity index (χ0) is 14.7. The van der Waals surface area contributed by atoms with E-state index >= 15 is 0 Å². The van der Waals surface area contributed by atoms with Gasteiger partial charge in [-0.05, 0) is 59.8 Å². The molecule has 0 bridgehead atoms. The van der Waals surface area contributed by atoms with Crippen LogP contribution in [0.15, 0.2) is 42.5 Å². The van der Waals surface area contributed by atoms with Crippen molar-refractivity contribution in [1.29, 1.82) is 0 Å². The smallest absolute Gasteiger partial charge is 0.123 e. The number of fused-ring (bicyclic) bond motifs is 1. The fourth-order valence-electron chi connectivity index (χ4n) is 2.85. The van der Waals surface area contributed by atoms with Crippen LogP contribution in [-0.4, -0.2) is 13.1 Å². The molecular weight excluding hydrogens is 263 g/mol. The number of anilines is 1. The fourth-order valence-corrected chi connectivity index (χ4v) is 2.85. The Morgan fingerprint density at radius 1 is 1.19 bits per heavy atom. The number of nitrogens with one attached hydrogen (secondary N) is 2. The van der Waals surface area contributed by atoms with Crippen molar-refractivity contribution in [3.05, 3.63) is 65.0 Å². The summed E-state index contributed by atoms with van der Waals surface area (Å²) in [6.45, 7) is 5.07. The van der Waals surface area contributed by atoms with Crippen molar-refractivity contribution in [2.24, 2.45) is 0 Å². The molecule has 1 atom stereocenters. The highest BCUT2D eigenvalue weighted by Crippen LogP contribution is 2.26. The highest BCUT2D eigenvalue weighted by molar-refractivity contribution is 5.50. The van der Waals surface area contributed by atoms with E-state index in [1.807, 2.05) is 12.1 Å². The molecule has 0 saturated carbocycles. The van der Waals surface area contributed by atoms with Gasteiger partial charge in [-0.25, -0.2) is 4.39 Å². The molecule has 2 aromatic rings. The van der Waals surface area contributed by atoms with Crippen LogP contribution in [0.5, 0.6) is 0 Å². The van der Waals surface area contributed by atoms with E-state index in [0.29, 0.717) is 12.5 Å². The molecule has 0 spiro atoms. The van der Waals surface area contributed by atoms with Gasteiger partial charge in [0.25, 0.3) is 0 Å². The van der Waals surface area contributed by atoms with E-state index in [2.05, 4.69) is 35.8 Å². The topological polar surface area (TPSA) is 24.1 Å². The molecule has 1 unspecified atom stereocenters. The van der Waals surface area contributed by atoms with E-state index in [1.54, 1.807) is 0 Å². The number of halogens is 1. The molecule has 2 nitrogen and oxygen atoms in total. The number of hydrogen-bond acceptors (Lipinski definition) is 2. The van der Waals surface area contributed by atoms with Gasteiger partial charge in [0.1, 0.15) is 5.82 Å². The molecule has 110 valence electrons. The van der Waals surface area contributed by atoms with E-state index in [1.165, 1.54) is 23.3 Å². The molecule has 0 amide bonds. The lowest BCUT2D eigenvalue weighted by molar-refractivity contribution is 0.627. The molecule has 0 aliphatic carbocycles. The van der Waals surface area contributed by atoms with Crippen molar-refractivity contribution >= 4 is 5.69 Å². The van der Waals surface area contributed by atoms with Crippen molar-refractivity contribution in [2.75, 3.05) is 18.4 Å². The maximum atomic E-state index is 12.9. The zero-order valence-electron chi connectivity index (χ0n) is 12.3. The van der Waals surface area contributed by atoms with Gasteiger partial charge in [0, 0.05) is 18.8 Å². The Balaban J connectivity index is 1.73. The number of hydrogen-bond donors (Lipinski definition) is 2. The third-order valence-electron chi connectivity index (χ3n) is 4.11. The minimum atomic E-state index is -0.190. The SMILES string of the molecule is CC1CNCCc2ccc(NCc3ccc(F)cc3)cc21. The van der Waals surface area contributed by atoms with Gasteiger partial charge in [-0.3, -0.25) is 0 Å². The summed E-state index contributed by atoms with van der Waals surface area (Å²) in [5.41, 5.74) is 5.09. The molecular formula is C18H21FN2. The van der Waals surface area contributed by atoms with Crippen molar-refractivity contribution < 1.29 is 4.39 Å². The van der Waals surface area contributed by atoms with Crippen LogP contribution in [-0.2, 0) is 13.0 Å². The van der Waals surface area contributed by atoms with Crippen LogP contribution in [0.1, 0.15) is 29.5 Å². The summed E-state index contributed by atoms with van der Waals surface area (Å²) in [5.74, 6) is 0.347. The summed E-state index contributed by atoms with van der Waals surface area (Å²) in [6, 6.07) is 13.3. The molecule has 1 heterocycles. The van der Waals surface area contributed by atoms with Crippen LogP contribution in [0.2, 0.25) is 0 Å². The van der Waals surface area contributed by atoms with Crippen LogP contribution < -0.4 is 10.6 Å². The highest BCUT2D eigenvalue weighted by atomic mass is 19.1. The zero-order valence-corrected chi connectivity index (χ0v) is 12.3. The Hall–Kier alpha value is -1.87. The molecule has 0 aromatic heterocycles. The Morgan fingerprint density at radius 2 is 2.00 bits per heavy atom. The predicted octanol–water partition coefficient (Wildman–Crippen LogP) is 3.69. The molecule has 1 aliphatic rings. The lowest BCUT2D eigenvalue weighted by atomic mass is 9.95. The summed E-state index contributed by atoms with van der Waals surface area (Å²) in [5, 5.41) is 6.90. The lowest BCUT2D eigenvalue weighted by Crippen LogP contribution is -2.18. The van der Waals surface area contributed by atoms with E-state index in [9.17, 15) is 4.39 Å². The normalized spacial score (nSPS) is 17.9. The molecule has 1 aliphatic heterocycles. The second-order valence-corrected chi connectivity index (χ2v) is 5.75. The first-order valence-electron chi connectivity index (χ1n) is 7.54. The third kappa shape index (κ3) is 3.42. The van der Waals surface area contributed by atoms with Crippen LogP contribution in [0.4, 0.5) is 10.1 Å². The lowest BCUT2D eigenvalue weighted by Gasteiger charge is -2.15. The largest absolute Gasteiger partial charge is 0.381 e. The maximum absolute atomic E-state index is 12.9. The first-order chi connectivity index (χ1) is 10.2. The fraction of sp³-hybridized carbons (Fsp3) is 0.333. The Bertz CT molecular complexity index is 607. The van der Waals surface area contributed by atoms with Gasteiger partial charge in [-0.2, -0.15) is 0 Å². The first-order valence-corrected chi connectivity index (χ1v) is 7.54. The molecule has 0 saturated heterocycles. The van der Waals surface area contributed by atoms with Crippen LogP contribution in [0, 0.1) is 5.82 Å². The molecule has 2 aromatic carbocycles. The standard InChI is InChI=1S/C18H21FN2/c1-13-11-20-9-8-15-4-7-17(10-18(13)15)21-12-14-2-5-16(19)6-3-14/h2-7,10,13,20-21H,8-9,11-12H2,1H3. The molecule has 2 N–H and O–H groups in total. The molecule has 0 radical (unpaired) electrons. The number of rotatable bonds is 3. The van der Waals surface area contributed by atoms with E-state index in [-0.39, 0.29) is 5.82 Å². The minimum absolute atomic E-state index is 0.190. The summed E-state index contributed by atoms with van der Waals surface area (Å²) < 4.78 is 12.9. The Labute approximate surface area is 125 Å². The molecule has 21 heavy (non-hydrogen) atoms. The predicted molar refractivity (Wildman–Crippen MR) is 85.2 cm³/mol. The van der Waals surface area contributed by atoms with Crippen molar-refractivity contribution in [1.82, 2.24) is 5.32 Å². The van der Waals surface area contributed by atoms with Gasteiger partial charge in [0.05, 0.1) is 0 Å². The third-order valence-corrected chi connectivity index (χ3v) is 4.11. The van der Waals surface area contributed by atoms with Crippen molar-refractivity contribution in [3.63, 3.8) is 0 Å². The second kappa shape index (κ2) is 6.27. The van der Waals surface area contributed by atoms with Crippen LogP contribution in [0.3, 0.4) is 0 Å². The summed E-state index contributed by atoms with van der Waals surface area (Å²) >= 11 is 0. The molecule has 3 rings (SSSR count). The van der Waals surface area contributed by atoms with Crippen molar-refractivity contribution in [3.8, 4) is 0 Å². The molecule has 0 fully saturated rings. The van der Waals surface area contributed by atoms with E-state index < -0.39 is 0 Å². The Morgan fingerprint density at radius 3 is 2.81 bits per heavy atom. The second-order valence-electron chi connectivity index (χ2n) is 5.75. The number of benzene rings is 2. The minimum Gasteiger partial charge on any atom is -0.381 e. The van der Waals surface area contributed by atoms with Gasteiger partial charge in [-0.15, -0.1) is 0 Å². The van der Waals surface area contributed by atoms with E-state index in [0.717, 1.165) is 30.8 Å². The monoisotopic (exact) mass is 284 g/mol. The van der Waals surface area contributed by atoms with Crippen LogP contribution >= 0.6 is 0 Å². The summed E-state index contributed by atoms with van der Waals surface area (Å²) in [7, 11) is 0. The van der Waals surface area contributed by atoms with Crippen LogP contribution in [0.25, 0.3) is 0 Å². The molecule has 3 heteroatoms. The van der Waals surface area contributed by atoms with Gasteiger partial charge in [0.2, 0.25) is 0 Å². The summed E-state index contributed by atoms with van der Waals surface area (Å²) in [4.78, 5) is 0. The van der Waals surface area contributed by atoms with E-state index in [4.69, 9.17) is 0 Å². The van der Waals surface area contributed by atoms with Gasteiger partial charge in [-0.1, -0.05) is 25.1 Å². The average molecular weight is 284 g/mol. The Kier molecular flexibility index (Phi) is 4.20. The quantitative estimate of drug-likeness (QED) is 0.898. The average Bonchev–Trinajstić information content (AvgIpc) is 2.69. The highest BCUT2D eigenvalue weighted by Gasteiger charge is 2.14. The first kappa shape index (κ1) is 14.1. The van der Waals surface area contributed by atoms with Gasteiger partial charge in [0.15, 0.2) is 0 Å². The van der Waals surface area contributed by atoms with Gasteiger partial charge < -0.3 is 10.6 Å².